The van der Waals surface area contributed by atoms with Gasteiger partial charge in [0.25, 0.3) is 0 Å². The van der Waals surface area contributed by atoms with Gasteiger partial charge >= 0.3 is 0 Å². The van der Waals surface area contributed by atoms with E-state index in [1.165, 1.54) is 9.58 Å². The maximum atomic E-state index is 14.8. The van der Waals surface area contributed by atoms with Crippen molar-refractivity contribution in [2.75, 3.05) is 26.2 Å². The molecule has 0 aliphatic carbocycles. The molecule has 6 amide bonds. The summed E-state index contributed by atoms with van der Waals surface area (Å²) in [5.41, 5.74) is 5.56. The summed E-state index contributed by atoms with van der Waals surface area (Å²) in [7, 11) is 0. The van der Waals surface area contributed by atoms with Crippen LogP contribution in [0.2, 0.25) is 5.02 Å². The minimum absolute atomic E-state index is 0.00299. The van der Waals surface area contributed by atoms with Crippen molar-refractivity contribution in [1.82, 2.24) is 61.2 Å². The molecule has 9 rings (SSSR count). The van der Waals surface area contributed by atoms with Gasteiger partial charge in [0.15, 0.2) is 5.82 Å². The standard InChI is InChI=1S/C58H68ClN13O8S/c1-31(2)48-55(78)64-44(27-61-46(74)26-42-51-68-66-34(5)72(51)57-47(32(3)33(4)81-57)49(62-42)38-18-20-39(59)21-19-38)52(75)60-22-23-80-30-40-28-71(69-67-40)50(58(6,7)8)56(79)70-29-41(73)25-45(70)54(77)63-43(53(76)65-48)24-35-14-16-37(17-15-35)36-12-10-9-11-13-36/h9-21,28,31,41-45,48,50,73H,22-27,29-30H2,1-8H3,(H,60,75)(H,61,74)(H,63,77)(H,64,78)(H,65,76)/t41-,42+,43-,44-,45+,48-,50-/m1/s1. The Bertz CT molecular complexity index is 3330. The molecule has 1 fully saturated rings. The Morgan fingerprint density at radius 2 is 1.54 bits per heavy atom. The highest BCUT2D eigenvalue weighted by Crippen LogP contribution is 2.40. The highest BCUT2D eigenvalue weighted by atomic mass is 35.5. The number of amides is 6. The second-order valence-electron chi connectivity index (χ2n) is 22.2. The van der Waals surface area contributed by atoms with Gasteiger partial charge in [-0.15, -0.1) is 26.6 Å². The maximum absolute atomic E-state index is 14.8. The first kappa shape index (κ1) is 58.0. The van der Waals surface area contributed by atoms with Crippen LogP contribution in [0, 0.1) is 32.1 Å². The Morgan fingerprint density at radius 1 is 0.852 bits per heavy atom. The van der Waals surface area contributed by atoms with Crippen LogP contribution in [0.25, 0.3) is 16.1 Å². The normalized spacial score (nSPS) is 22.4. The van der Waals surface area contributed by atoms with Crippen LogP contribution in [0.15, 0.2) is 90.1 Å². The van der Waals surface area contributed by atoms with E-state index >= 15 is 0 Å². The zero-order valence-electron chi connectivity index (χ0n) is 46.5. The Morgan fingerprint density at radius 3 is 2.25 bits per heavy atom. The molecule has 7 atom stereocenters. The number of aliphatic imine (C=N–C) groups is 1. The number of aromatic nitrogens is 6. The molecule has 0 radical (unpaired) electrons. The molecule has 3 aromatic carbocycles. The molecule has 0 unspecified atom stereocenters. The van der Waals surface area contributed by atoms with Gasteiger partial charge in [0.05, 0.1) is 37.6 Å². The number of aliphatic hydroxyl groups is 1. The quantitative estimate of drug-likeness (QED) is 0.114. The molecule has 3 aliphatic rings. The SMILES string of the molecule is Cc1sc2c(c1C)C(c1ccc(Cl)cc1)=N[C@@H](CC(=O)NC[C@H]1NC(=O)[C@@H](C(C)C)NC(=O)[C@@H](Cc3ccc(-c4ccccc4)cc3)NC(=O)[C@@H]3C[C@@H](O)CN3C(=O)[C@H](C(C)(C)C)n3cc(nn3)COCCNC1=O)c1nnc(C)n1-2. The molecule has 23 heteroatoms. The molecule has 6 heterocycles. The summed E-state index contributed by atoms with van der Waals surface area (Å²) < 4.78 is 9.23. The number of benzene rings is 3. The van der Waals surface area contributed by atoms with E-state index in [1.807, 2.05) is 113 Å². The number of hydrogen-bond donors (Lipinski definition) is 6. The number of rotatable bonds is 9. The Kier molecular flexibility index (Phi) is 17.6. The van der Waals surface area contributed by atoms with Crippen LogP contribution in [-0.4, -0.2) is 137 Å². The summed E-state index contributed by atoms with van der Waals surface area (Å²) in [5.74, 6) is -3.29. The summed E-state index contributed by atoms with van der Waals surface area (Å²) in [5, 5.41) is 44.1. The van der Waals surface area contributed by atoms with Gasteiger partial charge in [-0.25, -0.2) is 4.68 Å². The molecular formula is C58H68ClN13O8S. The molecule has 0 spiro atoms. The van der Waals surface area contributed by atoms with E-state index in [2.05, 4.69) is 47.1 Å². The largest absolute Gasteiger partial charge is 0.391 e. The number of carbonyl (C=O) groups is 6. The third kappa shape index (κ3) is 13.1. The molecule has 3 aromatic heterocycles. The van der Waals surface area contributed by atoms with E-state index in [-0.39, 0.29) is 52.1 Å². The van der Waals surface area contributed by atoms with Gasteiger partial charge in [-0.3, -0.25) is 38.3 Å². The predicted octanol–water partition coefficient (Wildman–Crippen LogP) is 4.81. The minimum atomic E-state index is -1.37. The summed E-state index contributed by atoms with van der Waals surface area (Å²) in [6.45, 7) is 14.3. The van der Waals surface area contributed by atoms with Crippen LogP contribution in [0.3, 0.4) is 0 Å². The van der Waals surface area contributed by atoms with Gasteiger partial charge in [-0.2, -0.15) is 0 Å². The topological polar surface area (TPSA) is 269 Å². The van der Waals surface area contributed by atoms with Gasteiger partial charge in [0, 0.05) is 53.5 Å². The highest BCUT2D eigenvalue weighted by Gasteiger charge is 2.46. The summed E-state index contributed by atoms with van der Waals surface area (Å²) in [6.07, 6.45) is 0.194. The number of aryl methyl sites for hydroxylation is 2. The van der Waals surface area contributed by atoms with Gasteiger partial charge in [0.2, 0.25) is 35.4 Å². The molecule has 81 heavy (non-hydrogen) atoms. The Labute approximate surface area is 478 Å². The molecule has 3 aliphatic heterocycles. The molecule has 0 saturated carbocycles. The van der Waals surface area contributed by atoms with Gasteiger partial charge in [-0.1, -0.05) is 118 Å². The first-order valence-electron chi connectivity index (χ1n) is 27.1. The fraction of sp³-hybridized carbons (Fsp3) is 0.431. The van der Waals surface area contributed by atoms with Crippen molar-refractivity contribution in [1.29, 1.82) is 0 Å². The van der Waals surface area contributed by atoms with Crippen molar-refractivity contribution in [3.63, 3.8) is 0 Å². The number of fused-ring (bicyclic) bond motifs is 6. The third-order valence-corrected chi connectivity index (χ3v) is 16.2. The predicted molar refractivity (Wildman–Crippen MR) is 304 cm³/mol. The molecule has 2 bridgehead atoms. The lowest BCUT2D eigenvalue weighted by molar-refractivity contribution is -0.144. The smallest absolute Gasteiger partial charge is 0.248 e. The van der Waals surface area contributed by atoms with E-state index in [0.717, 1.165) is 37.7 Å². The molecular weight excluding hydrogens is 1070 g/mol. The van der Waals surface area contributed by atoms with Crippen LogP contribution < -0.4 is 26.6 Å². The second kappa shape index (κ2) is 24.6. The fourth-order valence-corrected chi connectivity index (χ4v) is 11.8. The minimum Gasteiger partial charge on any atom is -0.391 e. The lowest BCUT2D eigenvalue weighted by Gasteiger charge is -2.35. The molecule has 6 N–H and O–H groups in total. The molecule has 1 saturated heterocycles. The van der Waals surface area contributed by atoms with Gasteiger partial charge in [-0.05, 0) is 66.5 Å². The van der Waals surface area contributed by atoms with Crippen LogP contribution >= 0.6 is 22.9 Å². The average Bonchev–Trinajstić information content (AvgIpc) is 4.22. The zero-order valence-corrected chi connectivity index (χ0v) is 48.1. The fourth-order valence-electron chi connectivity index (χ4n) is 10.4. The monoisotopic (exact) mass is 1140 g/mol. The molecule has 6 aromatic rings. The zero-order chi connectivity index (χ0) is 57.9. The lowest BCUT2D eigenvalue weighted by atomic mass is 9.85. The molecule has 21 nitrogen and oxygen atoms in total. The lowest BCUT2D eigenvalue weighted by Crippen LogP contribution is -2.61. The van der Waals surface area contributed by atoms with Crippen molar-refractivity contribution >= 4 is 64.1 Å². The highest BCUT2D eigenvalue weighted by molar-refractivity contribution is 7.15. The second-order valence-corrected chi connectivity index (χ2v) is 23.9. The average molecular weight is 1140 g/mol. The van der Waals surface area contributed by atoms with Crippen molar-refractivity contribution in [2.24, 2.45) is 16.3 Å². The first-order chi connectivity index (χ1) is 38.6. The Balaban J connectivity index is 1.00. The van der Waals surface area contributed by atoms with Crippen LogP contribution in [-0.2, 0) is 46.5 Å². The van der Waals surface area contributed by atoms with Crippen molar-refractivity contribution in [2.45, 2.75) is 124 Å². The number of nitrogens with zero attached hydrogens (tertiary/aromatic N) is 8. The number of ether oxygens (including phenoxy) is 1. The van der Waals surface area contributed by atoms with Crippen molar-refractivity contribution < 1.29 is 38.6 Å². The number of carbonyl (C=O) groups excluding carboxylic acids is 6. The summed E-state index contributed by atoms with van der Waals surface area (Å²) >= 11 is 7.90. The number of thiophene rings is 1. The van der Waals surface area contributed by atoms with E-state index in [4.69, 9.17) is 21.3 Å². The number of halogens is 1. The van der Waals surface area contributed by atoms with Crippen LogP contribution in [0.4, 0.5) is 0 Å². The van der Waals surface area contributed by atoms with E-state index in [9.17, 15) is 33.9 Å². The van der Waals surface area contributed by atoms with E-state index < -0.39 is 89.1 Å². The van der Waals surface area contributed by atoms with Gasteiger partial charge in [0.1, 0.15) is 52.8 Å². The maximum Gasteiger partial charge on any atom is 0.248 e. The first-order valence-corrected chi connectivity index (χ1v) is 28.3. The van der Waals surface area contributed by atoms with E-state index in [1.54, 1.807) is 43.5 Å². The van der Waals surface area contributed by atoms with Crippen molar-refractivity contribution in [3.05, 3.63) is 135 Å². The van der Waals surface area contributed by atoms with Crippen LogP contribution in [0.1, 0.15) is 104 Å². The molecule has 426 valence electrons. The summed E-state index contributed by atoms with van der Waals surface area (Å²) in [6, 6.07) is 17.7. The van der Waals surface area contributed by atoms with E-state index in [0.29, 0.717) is 33.6 Å². The number of aliphatic hydroxyl groups excluding tert-OH is 1. The summed E-state index contributed by atoms with van der Waals surface area (Å²) in [4.78, 5) is 94.8. The van der Waals surface area contributed by atoms with Gasteiger partial charge < -0.3 is 41.3 Å². The number of nitrogens with one attached hydrogen (secondary N) is 5. The number of hydrogen-bond acceptors (Lipinski definition) is 14. The van der Waals surface area contributed by atoms with Crippen LogP contribution in [0.5, 0.6) is 0 Å². The Hall–Kier alpha value is -7.66. The third-order valence-electron chi connectivity index (χ3n) is 14.8. The van der Waals surface area contributed by atoms with Crippen molar-refractivity contribution in [3.8, 4) is 16.1 Å².